The Bertz CT molecular complexity index is 621. The molecule has 0 atom stereocenters. The monoisotopic (exact) mass is 299 g/mol. The fourth-order valence-corrected chi connectivity index (χ4v) is 2.30. The first-order chi connectivity index (χ1) is 9.13. The van der Waals surface area contributed by atoms with Crippen molar-refractivity contribution in [3.8, 4) is 11.4 Å². The highest BCUT2D eigenvalue weighted by atomic mass is 35.5. The lowest BCUT2D eigenvalue weighted by atomic mass is 10.2. The standard InChI is InChI=1S/C13H15ClFN3S/c1-2-3-4-7-18-12(16-17-13(18)19)9-5-6-11(15)10(14)8-9/h5-6,8H,2-4,7H2,1H3,(H,17,19). The number of nitrogens with zero attached hydrogens (tertiary/aromatic N) is 2. The molecule has 0 aliphatic rings. The lowest BCUT2D eigenvalue weighted by molar-refractivity contribution is 0.600. The van der Waals surface area contributed by atoms with E-state index in [4.69, 9.17) is 23.8 Å². The maximum absolute atomic E-state index is 13.2. The number of hydrogen-bond acceptors (Lipinski definition) is 2. The van der Waals surface area contributed by atoms with E-state index in [-0.39, 0.29) is 5.02 Å². The predicted molar refractivity (Wildman–Crippen MR) is 77.3 cm³/mol. The Morgan fingerprint density at radius 1 is 1.42 bits per heavy atom. The molecule has 1 aromatic heterocycles. The van der Waals surface area contributed by atoms with Crippen LogP contribution in [0.25, 0.3) is 11.4 Å². The van der Waals surface area contributed by atoms with Gasteiger partial charge in [-0.15, -0.1) is 0 Å². The van der Waals surface area contributed by atoms with E-state index in [1.807, 2.05) is 4.57 Å². The molecule has 0 saturated carbocycles. The molecule has 0 amide bonds. The summed E-state index contributed by atoms with van der Waals surface area (Å²) in [6.07, 6.45) is 3.31. The summed E-state index contributed by atoms with van der Waals surface area (Å²) in [4.78, 5) is 0. The minimum absolute atomic E-state index is 0.0894. The molecular formula is C13H15ClFN3S. The summed E-state index contributed by atoms with van der Waals surface area (Å²) < 4.78 is 15.7. The van der Waals surface area contributed by atoms with Crippen LogP contribution in [0.2, 0.25) is 5.02 Å². The van der Waals surface area contributed by atoms with Crippen LogP contribution >= 0.6 is 23.8 Å². The van der Waals surface area contributed by atoms with Gasteiger partial charge in [-0.1, -0.05) is 31.4 Å². The Morgan fingerprint density at radius 3 is 2.89 bits per heavy atom. The average Bonchev–Trinajstić information content (AvgIpc) is 2.75. The second-order valence-corrected chi connectivity index (χ2v) is 5.13. The first-order valence-corrected chi connectivity index (χ1v) is 7.02. The zero-order chi connectivity index (χ0) is 13.8. The van der Waals surface area contributed by atoms with E-state index in [2.05, 4.69) is 17.1 Å². The fraction of sp³-hybridized carbons (Fsp3) is 0.385. The summed E-state index contributed by atoms with van der Waals surface area (Å²) in [5.74, 6) is 0.264. The maximum atomic E-state index is 13.2. The summed E-state index contributed by atoms with van der Waals surface area (Å²) in [6.45, 7) is 2.95. The van der Waals surface area contributed by atoms with Gasteiger partial charge in [0.15, 0.2) is 10.6 Å². The van der Waals surface area contributed by atoms with Gasteiger partial charge in [-0.05, 0) is 36.8 Å². The van der Waals surface area contributed by atoms with Gasteiger partial charge >= 0.3 is 0 Å². The molecule has 1 aromatic carbocycles. The van der Waals surface area contributed by atoms with E-state index in [0.717, 1.165) is 31.4 Å². The van der Waals surface area contributed by atoms with Crippen molar-refractivity contribution in [3.05, 3.63) is 33.8 Å². The van der Waals surface area contributed by atoms with E-state index >= 15 is 0 Å². The van der Waals surface area contributed by atoms with E-state index in [0.29, 0.717) is 10.6 Å². The normalized spacial score (nSPS) is 10.9. The zero-order valence-electron chi connectivity index (χ0n) is 10.6. The van der Waals surface area contributed by atoms with Crippen LogP contribution in [0.4, 0.5) is 4.39 Å². The fourth-order valence-electron chi connectivity index (χ4n) is 1.90. The minimum atomic E-state index is -0.433. The average molecular weight is 300 g/mol. The molecule has 6 heteroatoms. The van der Waals surface area contributed by atoms with Crippen LogP contribution in [0.1, 0.15) is 26.2 Å². The Balaban J connectivity index is 2.33. The van der Waals surface area contributed by atoms with Crippen LogP contribution in [0.3, 0.4) is 0 Å². The third-order valence-electron chi connectivity index (χ3n) is 2.92. The molecule has 0 bridgehead atoms. The summed E-state index contributed by atoms with van der Waals surface area (Å²) >= 11 is 11.0. The van der Waals surface area contributed by atoms with Gasteiger partial charge in [0.1, 0.15) is 5.82 Å². The molecule has 0 saturated heterocycles. The van der Waals surface area contributed by atoms with Crippen molar-refractivity contribution >= 4 is 23.8 Å². The Kier molecular flexibility index (Phi) is 4.71. The second-order valence-electron chi connectivity index (χ2n) is 4.34. The molecule has 2 aromatic rings. The highest BCUT2D eigenvalue weighted by Crippen LogP contribution is 2.24. The summed E-state index contributed by atoms with van der Waals surface area (Å²) in [5, 5.41) is 7.07. The largest absolute Gasteiger partial charge is 0.300 e. The molecule has 0 unspecified atom stereocenters. The number of aromatic amines is 1. The molecule has 0 aliphatic heterocycles. The van der Waals surface area contributed by atoms with Crippen molar-refractivity contribution < 1.29 is 4.39 Å². The summed E-state index contributed by atoms with van der Waals surface area (Å²) in [5.41, 5.74) is 0.759. The van der Waals surface area contributed by atoms with E-state index in [1.54, 1.807) is 12.1 Å². The second kappa shape index (κ2) is 6.30. The highest BCUT2D eigenvalue weighted by Gasteiger charge is 2.10. The van der Waals surface area contributed by atoms with Gasteiger partial charge in [0, 0.05) is 12.1 Å². The third-order valence-corrected chi connectivity index (χ3v) is 3.52. The quantitative estimate of drug-likeness (QED) is 0.647. The lowest BCUT2D eigenvalue weighted by Crippen LogP contribution is -2.01. The summed E-state index contributed by atoms with van der Waals surface area (Å²) in [6, 6.07) is 4.56. The topological polar surface area (TPSA) is 33.6 Å². The van der Waals surface area contributed by atoms with Gasteiger partial charge in [0.2, 0.25) is 0 Å². The molecule has 19 heavy (non-hydrogen) atoms. The molecular weight excluding hydrogens is 285 g/mol. The van der Waals surface area contributed by atoms with Crippen LogP contribution in [0.15, 0.2) is 18.2 Å². The van der Waals surface area contributed by atoms with Gasteiger partial charge in [0.25, 0.3) is 0 Å². The van der Waals surface area contributed by atoms with Gasteiger partial charge in [-0.3, -0.25) is 5.10 Å². The predicted octanol–water partition coefficient (Wildman–Crippen LogP) is 4.59. The van der Waals surface area contributed by atoms with Gasteiger partial charge in [-0.2, -0.15) is 5.10 Å². The third kappa shape index (κ3) is 3.22. The number of rotatable bonds is 5. The molecule has 3 nitrogen and oxygen atoms in total. The van der Waals surface area contributed by atoms with Crippen LogP contribution in [0, 0.1) is 10.6 Å². The lowest BCUT2D eigenvalue weighted by Gasteiger charge is -2.07. The molecule has 0 fully saturated rings. The van der Waals surface area contributed by atoms with E-state index in [1.165, 1.54) is 6.07 Å². The van der Waals surface area contributed by atoms with Crippen molar-refractivity contribution in [2.75, 3.05) is 0 Å². The highest BCUT2D eigenvalue weighted by molar-refractivity contribution is 7.71. The van der Waals surface area contributed by atoms with E-state index < -0.39 is 5.82 Å². The minimum Gasteiger partial charge on any atom is -0.300 e. The number of unbranched alkanes of at least 4 members (excludes halogenated alkanes) is 2. The van der Waals surface area contributed by atoms with Gasteiger partial charge in [-0.25, -0.2) is 4.39 Å². The zero-order valence-corrected chi connectivity index (χ0v) is 12.2. The Hall–Kier alpha value is -1.20. The van der Waals surface area contributed by atoms with Crippen molar-refractivity contribution in [2.45, 2.75) is 32.7 Å². The maximum Gasteiger partial charge on any atom is 0.195 e. The smallest absolute Gasteiger partial charge is 0.195 e. The first-order valence-electron chi connectivity index (χ1n) is 6.24. The molecule has 0 radical (unpaired) electrons. The van der Waals surface area contributed by atoms with Crippen molar-refractivity contribution in [1.29, 1.82) is 0 Å². The first kappa shape index (κ1) is 14.2. The van der Waals surface area contributed by atoms with Crippen LogP contribution in [0.5, 0.6) is 0 Å². The van der Waals surface area contributed by atoms with E-state index in [9.17, 15) is 4.39 Å². The molecule has 102 valence electrons. The number of benzene rings is 1. The molecule has 1 heterocycles. The van der Waals surface area contributed by atoms with Crippen molar-refractivity contribution in [2.24, 2.45) is 0 Å². The molecule has 2 rings (SSSR count). The number of halogens is 2. The number of nitrogens with one attached hydrogen (secondary N) is 1. The van der Waals surface area contributed by atoms with Gasteiger partial charge < -0.3 is 4.57 Å². The van der Waals surface area contributed by atoms with Crippen molar-refractivity contribution in [1.82, 2.24) is 14.8 Å². The number of hydrogen-bond donors (Lipinski definition) is 1. The van der Waals surface area contributed by atoms with Gasteiger partial charge in [0.05, 0.1) is 5.02 Å². The summed E-state index contributed by atoms with van der Waals surface area (Å²) in [7, 11) is 0. The molecule has 0 spiro atoms. The molecule has 0 aliphatic carbocycles. The van der Waals surface area contributed by atoms with Crippen LogP contribution in [-0.2, 0) is 6.54 Å². The van der Waals surface area contributed by atoms with Crippen molar-refractivity contribution in [3.63, 3.8) is 0 Å². The SMILES string of the molecule is CCCCCn1c(-c2ccc(F)c(Cl)c2)n[nH]c1=S. The number of H-pyrrole nitrogens is 1. The number of aromatic nitrogens is 3. The Labute approximate surface area is 121 Å². The van der Waals surface area contributed by atoms with Crippen LogP contribution < -0.4 is 0 Å². The van der Waals surface area contributed by atoms with Crippen LogP contribution in [-0.4, -0.2) is 14.8 Å². The Morgan fingerprint density at radius 2 is 2.21 bits per heavy atom. The molecule has 1 N–H and O–H groups in total.